The predicted molar refractivity (Wildman–Crippen MR) is 83.7 cm³/mol. The Hall–Kier alpha value is -0.710. The molecule has 1 N–H and O–H groups in total. The van der Waals surface area contributed by atoms with Crippen LogP contribution < -0.4 is 5.32 Å². The number of halogens is 1. The fourth-order valence-electron chi connectivity index (χ4n) is 2.93. The average Bonchev–Trinajstić information content (AvgIpc) is 3.03. The highest BCUT2D eigenvalue weighted by molar-refractivity contribution is 9.10. The number of hydrogen-bond donors (Lipinski definition) is 1. The van der Waals surface area contributed by atoms with E-state index in [1.165, 1.54) is 27.0 Å². The first-order valence-electron chi connectivity index (χ1n) is 6.71. The van der Waals surface area contributed by atoms with Crippen LogP contribution >= 0.6 is 27.3 Å². The summed E-state index contributed by atoms with van der Waals surface area (Å²) in [5, 5.41) is 5.80. The van der Waals surface area contributed by atoms with Crippen LogP contribution in [0.15, 0.2) is 34.2 Å². The first-order valence-corrected chi connectivity index (χ1v) is 8.38. The number of hydrogen-bond acceptors (Lipinski definition) is 3. The van der Waals surface area contributed by atoms with Gasteiger partial charge in [0.25, 0.3) is 0 Å². The number of thiophene rings is 1. The zero-order valence-corrected chi connectivity index (χ0v) is 13.3. The van der Waals surface area contributed by atoms with Crippen molar-refractivity contribution in [3.8, 4) is 0 Å². The molecule has 1 aliphatic rings. The van der Waals surface area contributed by atoms with Crippen LogP contribution in [0.2, 0.25) is 0 Å². The zero-order valence-electron chi connectivity index (χ0n) is 10.9. The molecule has 1 aliphatic carbocycles. The molecule has 0 saturated carbocycles. The Labute approximate surface area is 126 Å². The Balaban J connectivity index is 1.96. The smallest absolute Gasteiger partial charge is 0.0511 e. The van der Waals surface area contributed by atoms with E-state index < -0.39 is 0 Å². The molecule has 100 valence electrons. The van der Waals surface area contributed by atoms with Gasteiger partial charge in [-0.1, -0.05) is 13.0 Å². The summed E-state index contributed by atoms with van der Waals surface area (Å²) in [6, 6.07) is 6.77. The molecule has 0 aromatic carbocycles. The fourth-order valence-corrected chi connectivity index (χ4v) is 4.69. The molecule has 3 rings (SSSR count). The second-order valence-corrected chi connectivity index (χ2v) is 6.66. The minimum atomic E-state index is 0.371. The van der Waals surface area contributed by atoms with Crippen LogP contribution in [0, 0.1) is 0 Å². The highest BCUT2D eigenvalue weighted by atomic mass is 79.9. The maximum absolute atomic E-state index is 4.63. The molecule has 0 fully saturated rings. The summed E-state index contributed by atoms with van der Waals surface area (Å²) in [5.41, 5.74) is 2.71. The Morgan fingerprint density at radius 2 is 2.42 bits per heavy atom. The van der Waals surface area contributed by atoms with Gasteiger partial charge in [-0.15, -0.1) is 11.3 Å². The molecule has 2 nitrogen and oxygen atoms in total. The van der Waals surface area contributed by atoms with Crippen LogP contribution in [-0.4, -0.2) is 11.5 Å². The summed E-state index contributed by atoms with van der Waals surface area (Å²) in [6.07, 6.45) is 4.26. The van der Waals surface area contributed by atoms with Crippen molar-refractivity contribution in [2.24, 2.45) is 0 Å². The third kappa shape index (κ3) is 2.49. The molecule has 2 atom stereocenters. The molecular formula is C15H17BrN2S. The lowest BCUT2D eigenvalue weighted by molar-refractivity contribution is 0.452. The summed E-state index contributed by atoms with van der Waals surface area (Å²) < 4.78 is 1.22. The number of rotatable bonds is 4. The van der Waals surface area contributed by atoms with E-state index >= 15 is 0 Å². The van der Waals surface area contributed by atoms with Crippen molar-refractivity contribution in [1.82, 2.24) is 10.3 Å². The largest absolute Gasteiger partial charge is 0.309 e. The Kier molecular flexibility index (Phi) is 4.01. The first-order chi connectivity index (χ1) is 9.31. The number of fused-ring (bicyclic) bond motifs is 1. The molecule has 0 radical (unpaired) electrons. The van der Waals surface area contributed by atoms with Crippen molar-refractivity contribution in [3.63, 3.8) is 0 Å². The fraction of sp³-hybridized carbons (Fsp3) is 0.400. The third-order valence-corrected chi connectivity index (χ3v) is 5.71. The predicted octanol–water partition coefficient (Wildman–Crippen LogP) is 4.29. The van der Waals surface area contributed by atoms with Gasteiger partial charge in [0.15, 0.2) is 0 Å². The number of pyridine rings is 1. The van der Waals surface area contributed by atoms with Crippen molar-refractivity contribution >= 4 is 27.3 Å². The molecule has 2 heterocycles. The molecular weight excluding hydrogens is 320 g/mol. The van der Waals surface area contributed by atoms with Gasteiger partial charge in [-0.2, -0.15) is 0 Å². The van der Waals surface area contributed by atoms with Gasteiger partial charge in [0.1, 0.15) is 0 Å². The summed E-state index contributed by atoms with van der Waals surface area (Å²) >= 11 is 5.50. The lowest BCUT2D eigenvalue weighted by Crippen LogP contribution is -2.26. The summed E-state index contributed by atoms with van der Waals surface area (Å²) in [7, 11) is 0. The van der Waals surface area contributed by atoms with Gasteiger partial charge in [0, 0.05) is 27.2 Å². The maximum Gasteiger partial charge on any atom is 0.0511 e. The average molecular weight is 337 g/mol. The maximum atomic E-state index is 4.63. The van der Waals surface area contributed by atoms with Crippen LogP contribution in [0.25, 0.3) is 0 Å². The van der Waals surface area contributed by atoms with E-state index in [1.54, 1.807) is 0 Å². The van der Waals surface area contributed by atoms with Gasteiger partial charge in [-0.05, 0) is 58.4 Å². The van der Waals surface area contributed by atoms with Gasteiger partial charge in [-0.25, -0.2) is 0 Å². The number of nitrogens with zero attached hydrogens (tertiary/aromatic N) is 1. The van der Waals surface area contributed by atoms with Crippen LogP contribution in [0.4, 0.5) is 0 Å². The Morgan fingerprint density at radius 1 is 1.53 bits per heavy atom. The molecule has 19 heavy (non-hydrogen) atoms. The molecule has 0 spiro atoms. The van der Waals surface area contributed by atoms with E-state index in [-0.39, 0.29) is 0 Å². The van der Waals surface area contributed by atoms with E-state index in [1.807, 2.05) is 23.6 Å². The first kappa shape index (κ1) is 13.3. The quantitative estimate of drug-likeness (QED) is 0.900. The lowest BCUT2D eigenvalue weighted by Gasteiger charge is -2.24. The molecule has 0 aliphatic heterocycles. The third-order valence-electron chi connectivity index (χ3n) is 3.76. The van der Waals surface area contributed by atoms with E-state index in [4.69, 9.17) is 0 Å². The van der Waals surface area contributed by atoms with Gasteiger partial charge in [0.2, 0.25) is 0 Å². The second-order valence-electron chi connectivity index (χ2n) is 4.86. The number of nitrogens with one attached hydrogen (secondary N) is 1. The van der Waals surface area contributed by atoms with E-state index in [2.05, 4.69) is 50.7 Å². The van der Waals surface area contributed by atoms with Crippen LogP contribution in [0.1, 0.15) is 41.4 Å². The van der Waals surface area contributed by atoms with E-state index in [0.717, 1.165) is 13.0 Å². The topological polar surface area (TPSA) is 24.9 Å². The van der Waals surface area contributed by atoms with Crippen molar-refractivity contribution in [2.75, 3.05) is 6.54 Å². The minimum Gasteiger partial charge on any atom is -0.309 e. The van der Waals surface area contributed by atoms with Gasteiger partial charge < -0.3 is 5.32 Å². The second kappa shape index (κ2) is 5.73. The molecule has 2 aromatic heterocycles. The van der Waals surface area contributed by atoms with E-state index in [0.29, 0.717) is 12.0 Å². The SMILES string of the molecule is CCNC(c1sccc1Br)C1CCc2cccnc21. The number of aromatic nitrogens is 1. The molecule has 0 bridgehead atoms. The van der Waals surface area contributed by atoms with Crippen molar-refractivity contribution in [2.45, 2.75) is 31.7 Å². The lowest BCUT2D eigenvalue weighted by atomic mass is 9.95. The molecule has 4 heteroatoms. The monoisotopic (exact) mass is 336 g/mol. The van der Waals surface area contributed by atoms with Gasteiger partial charge in [0.05, 0.1) is 6.04 Å². The van der Waals surface area contributed by atoms with Gasteiger partial charge in [-0.3, -0.25) is 4.98 Å². The molecule has 2 unspecified atom stereocenters. The summed E-state index contributed by atoms with van der Waals surface area (Å²) in [4.78, 5) is 6.03. The van der Waals surface area contributed by atoms with Crippen molar-refractivity contribution in [1.29, 1.82) is 0 Å². The summed E-state index contributed by atoms with van der Waals surface area (Å²) in [5.74, 6) is 0.492. The highest BCUT2D eigenvalue weighted by Crippen LogP contribution is 2.43. The normalized spacial score (nSPS) is 19.4. The Bertz CT molecular complexity index is 567. The van der Waals surface area contributed by atoms with E-state index in [9.17, 15) is 0 Å². The molecule has 0 saturated heterocycles. The molecule has 0 amide bonds. The minimum absolute atomic E-state index is 0.371. The Morgan fingerprint density at radius 3 is 3.16 bits per heavy atom. The van der Waals surface area contributed by atoms with Gasteiger partial charge >= 0.3 is 0 Å². The van der Waals surface area contributed by atoms with Crippen molar-refractivity contribution < 1.29 is 0 Å². The van der Waals surface area contributed by atoms with Crippen LogP contribution in [0.5, 0.6) is 0 Å². The zero-order chi connectivity index (χ0) is 13.2. The number of aryl methyl sites for hydroxylation is 1. The van der Waals surface area contributed by atoms with Crippen molar-refractivity contribution in [3.05, 3.63) is 50.4 Å². The standard InChI is InChI=1S/C15H17BrN2S/c1-2-17-14(15-12(16)7-9-19-15)11-6-5-10-4-3-8-18-13(10)11/h3-4,7-9,11,14,17H,2,5-6H2,1H3. The van der Waals surface area contributed by atoms with Crippen LogP contribution in [-0.2, 0) is 6.42 Å². The highest BCUT2D eigenvalue weighted by Gasteiger charge is 2.32. The molecule has 2 aromatic rings. The summed E-state index contributed by atoms with van der Waals surface area (Å²) in [6.45, 7) is 3.15. The number of likely N-dealkylation sites (N-methyl/N-ethyl adjacent to an activating group) is 1. The van der Waals surface area contributed by atoms with Crippen LogP contribution in [0.3, 0.4) is 0 Å².